The second kappa shape index (κ2) is 5.78. The monoisotopic (exact) mass is 302 g/mol. The smallest absolute Gasteiger partial charge is 0.151 e. The molecule has 1 saturated carbocycles. The summed E-state index contributed by atoms with van der Waals surface area (Å²) < 4.78 is 5.86. The topological polar surface area (TPSA) is 41.5 Å². The zero-order valence-electron chi connectivity index (χ0n) is 13.5. The van der Waals surface area contributed by atoms with Crippen LogP contribution in [0.3, 0.4) is 0 Å². The van der Waals surface area contributed by atoms with E-state index in [0.717, 1.165) is 50.3 Å². The summed E-state index contributed by atoms with van der Waals surface area (Å²) in [4.78, 5) is 5.12. The van der Waals surface area contributed by atoms with Crippen LogP contribution in [0.5, 0.6) is 0 Å². The Morgan fingerprint density at radius 2 is 2.00 bits per heavy atom. The summed E-state index contributed by atoms with van der Waals surface area (Å²) >= 11 is 0. The molecular formula is C17H26N4O. The average Bonchev–Trinajstić information content (AvgIpc) is 3.36. The fourth-order valence-electron chi connectivity index (χ4n) is 3.84. The van der Waals surface area contributed by atoms with Gasteiger partial charge >= 0.3 is 0 Å². The Hall–Kier alpha value is -1.20. The van der Waals surface area contributed by atoms with Crippen molar-refractivity contribution in [2.24, 2.45) is 5.92 Å². The minimum Gasteiger partial charge on any atom is -0.378 e. The number of rotatable bonds is 3. The first-order valence-electron chi connectivity index (χ1n) is 8.63. The third-order valence-electron chi connectivity index (χ3n) is 5.52. The fourth-order valence-corrected chi connectivity index (χ4v) is 3.84. The highest BCUT2D eigenvalue weighted by Crippen LogP contribution is 2.37. The normalized spacial score (nSPS) is 25.6. The quantitative estimate of drug-likeness (QED) is 0.852. The lowest BCUT2D eigenvalue weighted by molar-refractivity contribution is -0.0816. The van der Waals surface area contributed by atoms with Crippen molar-refractivity contribution < 1.29 is 4.74 Å². The molecule has 2 aliphatic heterocycles. The van der Waals surface area contributed by atoms with Crippen molar-refractivity contribution in [3.05, 3.63) is 17.8 Å². The van der Waals surface area contributed by atoms with Gasteiger partial charge in [0.2, 0.25) is 0 Å². The molecule has 1 aromatic rings. The summed E-state index contributed by atoms with van der Waals surface area (Å²) in [5.41, 5.74) is 1.25. The van der Waals surface area contributed by atoms with Gasteiger partial charge in [-0.25, -0.2) is 0 Å². The van der Waals surface area contributed by atoms with Crippen LogP contribution in [0.4, 0.5) is 5.82 Å². The molecule has 0 radical (unpaired) electrons. The Kier molecular flexibility index (Phi) is 3.78. The molecule has 1 aromatic heterocycles. The molecule has 0 N–H and O–H groups in total. The Bertz CT molecular complexity index is 506. The molecule has 3 aliphatic rings. The van der Waals surface area contributed by atoms with E-state index in [9.17, 15) is 0 Å². The van der Waals surface area contributed by atoms with E-state index in [1.54, 1.807) is 0 Å². The maximum Gasteiger partial charge on any atom is 0.151 e. The van der Waals surface area contributed by atoms with Crippen LogP contribution in [-0.2, 0) is 4.74 Å². The summed E-state index contributed by atoms with van der Waals surface area (Å²) in [5, 5.41) is 8.54. The number of piperidine rings is 1. The maximum absolute atomic E-state index is 5.86. The van der Waals surface area contributed by atoms with Gasteiger partial charge in [-0.05, 0) is 50.7 Å². The first kappa shape index (κ1) is 14.4. The molecule has 3 fully saturated rings. The number of hydrogen-bond acceptors (Lipinski definition) is 5. The van der Waals surface area contributed by atoms with E-state index in [-0.39, 0.29) is 5.54 Å². The van der Waals surface area contributed by atoms with Gasteiger partial charge in [0.25, 0.3) is 0 Å². The minimum atomic E-state index is 0.273. The predicted octanol–water partition coefficient (Wildman–Crippen LogP) is 1.87. The first-order chi connectivity index (χ1) is 10.8. The van der Waals surface area contributed by atoms with Crippen molar-refractivity contribution in [1.29, 1.82) is 0 Å². The molecule has 1 spiro atoms. The van der Waals surface area contributed by atoms with E-state index in [0.29, 0.717) is 0 Å². The Morgan fingerprint density at radius 3 is 2.68 bits per heavy atom. The predicted molar refractivity (Wildman–Crippen MR) is 86.1 cm³/mol. The highest BCUT2D eigenvalue weighted by molar-refractivity contribution is 5.38. The molecule has 5 nitrogen and oxygen atoms in total. The molecule has 4 rings (SSSR count). The van der Waals surface area contributed by atoms with Gasteiger partial charge in [-0.15, -0.1) is 5.10 Å². The lowest BCUT2D eigenvalue weighted by Gasteiger charge is -2.51. The van der Waals surface area contributed by atoms with Crippen LogP contribution in [0, 0.1) is 12.8 Å². The van der Waals surface area contributed by atoms with Crippen LogP contribution < -0.4 is 4.90 Å². The van der Waals surface area contributed by atoms with E-state index < -0.39 is 0 Å². The van der Waals surface area contributed by atoms with Gasteiger partial charge in [0.1, 0.15) is 0 Å². The second-order valence-corrected chi connectivity index (χ2v) is 7.19. The van der Waals surface area contributed by atoms with Gasteiger partial charge in [0.15, 0.2) is 5.82 Å². The summed E-state index contributed by atoms with van der Waals surface area (Å²) in [6, 6.07) is 4.15. The summed E-state index contributed by atoms with van der Waals surface area (Å²) in [5.74, 6) is 1.97. The number of ether oxygens (including phenoxy) is 1. The maximum atomic E-state index is 5.86. The molecule has 3 heterocycles. The molecule has 0 aromatic carbocycles. The zero-order chi connectivity index (χ0) is 15.0. The Morgan fingerprint density at radius 1 is 1.18 bits per heavy atom. The first-order valence-corrected chi connectivity index (χ1v) is 8.63. The zero-order valence-corrected chi connectivity index (χ0v) is 13.5. The lowest BCUT2D eigenvalue weighted by Crippen LogP contribution is -2.62. The molecule has 0 unspecified atom stereocenters. The van der Waals surface area contributed by atoms with Crippen molar-refractivity contribution >= 4 is 5.82 Å². The summed E-state index contributed by atoms with van der Waals surface area (Å²) in [6.07, 6.45) is 5.21. The number of hydrogen-bond donors (Lipinski definition) is 0. The van der Waals surface area contributed by atoms with Crippen LogP contribution in [0.1, 0.15) is 31.4 Å². The van der Waals surface area contributed by atoms with Gasteiger partial charge < -0.3 is 9.64 Å². The van der Waals surface area contributed by atoms with Gasteiger partial charge in [-0.1, -0.05) is 0 Å². The molecule has 0 bridgehead atoms. The highest BCUT2D eigenvalue weighted by Gasteiger charge is 2.44. The molecule has 1 aliphatic carbocycles. The largest absolute Gasteiger partial charge is 0.378 e. The van der Waals surface area contributed by atoms with E-state index in [1.165, 1.54) is 32.2 Å². The van der Waals surface area contributed by atoms with Crippen molar-refractivity contribution in [2.75, 3.05) is 44.3 Å². The summed E-state index contributed by atoms with van der Waals surface area (Å²) in [6.45, 7) is 8.31. The number of aromatic nitrogens is 2. The molecule has 5 heteroatoms. The summed E-state index contributed by atoms with van der Waals surface area (Å²) in [7, 11) is 0. The van der Waals surface area contributed by atoms with Crippen LogP contribution in [0.25, 0.3) is 0 Å². The van der Waals surface area contributed by atoms with Gasteiger partial charge in [-0.3, -0.25) is 4.90 Å². The lowest BCUT2D eigenvalue weighted by atomic mass is 9.85. The van der Waals surface area contributed by atoms with Gasteiger partial charge in [-0.2, -0.15) is 5.10 Å². The Labute approximate surface area is 132 Å². The number of nitrogens with zero attached hydrogens (tertiary/aromatic N) is 4. The van der Waals surface area contributed by atoms with E-state index in [1.807, 2.05) is 6.92 Å². The van der Waals surface area contributed by atoms with E-state index >= 15 is 0 Å². The van der Waals surface area contributed by atoms with Crippen LogP contribution in [-0.4, -0.2) is 60.0 Å². The fraction of sp³-hybridized carbons (Fsp3) is 0.765. The third-order valence-corrected chi connectivity index (χ3v) is 5.52. The van der Waals surface area contributed by atoms with Crippen LogP contribution >= 0.6 is 0 Å². The second-order valence-electron chi connectivity index (χ2n) is 7.19. The number of morpholine rings is 1. The molecule has 120 valence electrons. The van der Waals surface area contributed by atoms with Crippen molar-refractivity contribution in [3.8, 4) is 0 Å². The molecule has 22 heavy (non-hydrogen) atoms. The highest BCUT2D eigenvalue weighted by atomic mass is 16.5. The molecule has 0 atom stereocenters. The van der Waals surface area contributed by atoms with Crippen LogP contribution in [0.15, 0.2) is 12.1 Å². The van der Waals surface area contributed by atoms with E-state index in [2.05, 4.69) is 32.1 Å². The minimum absolute atomic E-state index is 0.273. The number of aryl methyl sites for hydroxylation is 1. The molecular weight excluding hydrogens is 276 g/mol. The van der Waals surface area contributed by atoms with Crippen molar-refractivity contribution in [1.82, 2.24) is 15.1 Å². The van der Waals surface area contributed by atoms with Gasteiger partial charge in [0, 0.05) is 31.7 Å². The average molecular weight is 302 g/mol. The molecule has 0 amide bonds. The van der Waals surface area contributed by atoms with Crippen molar-refractivity contribution in [3.63, 3.8) is 0 Å². The SMILES string of the molecule is Cc1ccc(N2CCC3(CC2)COCCN3CC2CC2)nn1. The van der Waals surface area contributed by atoms with Gasteiger partial charge in [0.05, 0.1) is 18.9 Å². The third kappa shape index (κ3) is 2.84. The van der Waals surface area contributed by atoms with Crippen LogP contribution in [0.2, 0.25) is 0 Å². The molecule has 2 saturated heterocycles. The standard InChI is InChI=1S/C17H26N4O/c1-14-2-5-16(19-18-14)20-8-6-17(7-9-20)13-22-11-10-21(17)12-15-3-4-15/h2,5,15H,3-4,6-13H2,1H3. The van der Waals surface area contributed by atoms with E-state index in [4.69, 9.17) is 4.74 Å². The van der Waals surface area contributed by atoms with Crippen molar-refractivity contribution in [2.45, 2.75) is 38.1 Å². The number of anilines is 1. The Balaban J connectivity index is 1.43.